The first-order valence-corrected chi connectivity index (χ1v) is 6.62. The molecule has 0 aliphatic rings. The van der Waals surface area contributed by atoms with Crippen LogP contribution in [0.25, 0.3) is 22.5 Å². The fourth-order valence-corrected chi connectivity index (χ4v) is 2.56. The van der Waals surface area contributed by atoms with Crippen LogP contribution in [0.3, 0.4) is 0 Å². The average molecular weight is 305 g/mol. The summed E-state index contributed by atoms with van der Waals surface area (Å²) in [5.41, 5.74) is 8.97. The van der Waals surface area contributed by atoms with Crippen LogP contribution in [0.5, 0.6) is 0 Å². The molecule has 0 saturated heterocycles. The first-order valence-electron chi connectivity index (χ1n) is 5.87. The molecular formula is C14H10Cl2N4. The number of aromatic nitrogens is 3. The largest absolute Gasteiger partial charge is 0.382 e. The second-order valence-corrected chi connectivity index (χ2v) is 5.10. The van der Waals surface area contributed by atoms with E-state index in [1.165, 1.54) is 0 Å². The van der Waals surface area contributed by atoms with Gasteiger partial charge in [0.15, 0.2) is 5.82 Å². The van der Waals surface area contributed by atoms with Crippen molar-refractivity contribution in [2.75, 3.05) is 5.73 Å². The highest BCUT2D eigenvalue weighted by Gasteiger charge is 2.16. The first kappa shape index (κ1) is 13.0. The van der Waals surface area contributed by atoms with Gasteiger partial charge < -0.3 is 5.73 Å². The van der Waals surface area contributed by atoms with Gasteiger partial charge in [0.2, 0.25) is 0 Å². The number of pyridine rings is 1. The van der Waals surface area contributed by atoms with Gasteiger partial charge in [-0.15, -0.1) is 0 Å². The van der Waals surface area contributed by atoms with Crippen molar-refractivity contribution in [2.24, 2.45) is 0 Å². The molecule has 3 N–H and O–H groups in total. The van der Waals surface area contributed by atoms with E-state index in [9.17, 15) is 0 Å². The molecule has 0 bridgehead atoms. The minimum atomic E-state index is 0.384. The van der Waals surface area contributed by atoms with Crippen LogP contribution in [-0.2, 0) is 0 Å². The third kappa shape index (κ3) is 2.35. The van der Waals surface area contributed by atoms with Gasteiger partial charge in [0.1, 0.15) is 0 Å². The van der Waals surface area contributed by atoms with Gasteiger partial charge in [0.25, 0.3) is 0 Å². The molecule has 1 aromatic carbocycles. The molecule has 0 saturated carbocycles. The topological polar surface area (TPSA) is 67.6 Å². The number of hydrogen-bond donors (Lipinski definition) is 2. The van der Waals surface area contributed by atoms with E-state index in [0.29, 0.717) is 15.9 Å². The Morgan fingerprint density at radius 2 is 1.80 bits per heavy atom. The summed E-state index contributed by atoms with van der Waals surface area (Å²) in [5, 5.41) is 8.06. The lowest BCUT2D eigenvalue weighted by Gasteiger charge is -2.05. The van der Waals surface area contributed by atoms with Crippen LogP contribution >= 0.6 is 23.2 Å². The summed E-state index contributed by atoms with van der Waals surface area (Å²) >= 11 is 12.1. The number of H-pyrrole nitrogens is 1. The molecule has 4 nitrogen and oxygen atoms in total. The summed E-state index contributed by atoms with van der Waals surface area (Å²) in [6.07, 6.45) is 1.70. The first-order chi connectivity index (χ1) is 9.65. The Bertz CT molecular complexity index is 733. The van der Waals surface area contributed by atoms with Crippen molar-refractivity contribution in [1.29, 1.82) is 0 Å². The Kier molecular flexibility index (Phi) is 3.34. The van der Waals surface area contributed by atoms with Crippen molar-refractivity contribution in [3.8, 4) is 22.5 Å². The number of rotatable bonds is 2. The maximum Gasteiger partial charge on any atom is 0.155 e. The maximum atomic E-state index is 6.04. The molecule has 0 amide bonds. The predicted molar refractivity (Wildman–Crippen MR) is 81.7 cm³/mol. The molecule has 0 aliphatic carbocycles. The summed E-state index contributed by atoms with van der Waals surface area (Å²) < 4.78 is 0. The molecule has 3 rings (SSSR count). The van der Waals surface area contributed by atoms with Crippen molar-refractivity contribution < 1.29 is 0 Å². The van der Waals surface area contributed by atoms with Crippen LogP contribution in [0, 0.1) is 0 Å². The van der Waals surface area contributed by atoms with E-state index in [-0.39, 0.29) is 0 Å². The number of benzene rings is 1. The molecule has 0 radical (unpaired) electrons. The van der Waals surface area contributed by atoms with Crippen molar-refractivity contribution >= 4 is 29.0 Å². The lowest BCUT2D eigenvalue weighted by Crippen LogP contribution is -1.90. The van der Waals surface area contributed by atoms with E-state index >= 15 is 0 Å². The van der Waals surface area contributed by atoms with Crippen LogP contribution in [-0.4, -0.2) is 15.2 Å². The zero-order valence-corrected chi connectivity index (χ0v) is 11.8. The lowest BCUT2D eigenvalue weighted by molar-refractivity contribution is 1.10. The second-order valence-electron chi connectivity index (χ2n) is 4.23. The highest BCUT2D eigenvalue weighted by Crippen LogP contribution is 2.35. The summed E-state index contributed by atoms with van der Waals surface area (Å²) in [5.74, 6) is 0.384. The SMILES string of the molecule is Nc1n[nH]c(-c2cc(Cl)cc(Cl)c2)c1-c1ccccn1. The summed E-state index contributed by atoms with van der Waals surface area (Å²) in [7, 11) is 0. The predicted octanol–water partition coefficient (Wildman–Crippen LogP) is 4.03. The number of nitrogens with two attached hydrogens (primary N) is 1. The Labute approximate surface area is 125 Å². The van der Waals surface area contributed by atoms with Crippen LogP contribution in [0.2, 0.25) is 10.0 Å². The van der Waals surface area contributed by atoms with Crippen LogP contribution in [0.4, 0.5) is 5.82 Å². The molecule has 2 heterocycles. The van der Waals surface area contributed by atoms with E-state index in [2.05, 4.69) is 15.2 Å². The third-order valence-corrected chi connectivity index (χ3v) is 3.30. The van der Waals surface area contributed by atoms with E-state index in [0.717, 1.165) is 22.5 Å². The molecule has 2 aromatic heterocycles. The monoisotopic (exact) mass is 304 g/mol. The smallest absolute Gasteiger partial charge is 0.155 e. The van der Waals surface area contributed by atoms with E-state index in [1.54, 1.807) is 24.4 Å². The molecule has 0 fully saturated rings. The number of anilines is 1. The Hall–Kier alpha value is -2.04. The number of halogens is 2. The average Bonchev–Trinajstić information content (AvgIpc) is 2.80. The molecule has 0 unspecified atom stereocenters. The zero-order valence-electron chi connectivity index (χ0n) is 10.3. The Morgan fingerprint density at radius 3 is 2.45 bits per heavy atom. The van der Waals surface area contributed by atoms with Gasteiger partial charge in [-0.3, -0.25) is 10.1 Å². The summed E-state index contributed by atoms with van der Waals surface area (Å²) in [6.45, 7) is 0. The van der Waals surface area contributed by atoms with Crippen molar-refractivity contribution in [2.45, 2.75) is 0 Å². The van der Waals surface area contributed by atoms with E-state index in [1.807, 2.05) is 18.2 Å². The molecule has 3 aromatic rings. The van der Waals surface area contributed by atoms with Gasteiger partial charge in [-0.25, -0.2) is 0 Å². The molecule has 6 heteroatoms. The van der Waals surface area contributed by atoms with Gasteiger partial charge in [0.05, 0.1) is 17.0 Å². The van der Waals surface area contributed by atoms with Gasteiger partial charge in [-0.05, 0) is 30.3 Å². The van der Waals surface area contributed by atoms with Gasteiger partial charge in [0, 0.05) is 21.8 Å². The van der Waals surface area contributed by atoms with Gasteiger partial charge in [-0.1, -0.05) is 29.3 Å². The number of aromatic amines is 1. The highest BCUT2D eigenvalue weighted by atomic mass is 35.5. The Balaban J connectivity index is 2.21. The van der Waals surface area contributed by atoms with Crippen molar-refractivity contribution in [1.82, 2.24) is 15.2 Å². The van der Waals surface area contributed by atoms with Crippen molar-refractivity contribution in [3.63, 3.8) is 0 Å². The maximum absolute atomic E-state index is 6.04. The standard InChI is InChI=1S/C14H10Cl2N4/c15-9-5-8(6-10(16)7-9)13-12(14(17)20-19-13)11-3-1-2-4-18-11/h1-7H,(H3,17,19,20). The highest BCUT2D eigenvalue weighted by molar-refractivity contribution is 6.35. The quantitative estimate of drug-likeness (QED) is 0.751. The zero-order chi connectivity index (χ0) is 14.1. The number of nitrogens with zero attached hydrogens (tertiary/aromatic N) is 2. The molecule has 100 valence electrons. The molecular weight excluding hydrogens is 295 g/mol. The minimum absolute atomic E-state index is 0.384. The molecule has 0 atom stereocenters. The van der Waals surface area contributed by atoms with Gasteiger partial charge in [-0.2, -0.15) is 5.10 Å². The lowest BCUT2D eigenvalue weighted by atomic mass is 10.0. The van der Waals surface area contributed by atoms with E-state index in [4.69, 9.17) is 28.9 Å². The number of hydrogen-bond acceptors (Lipinski definition) is 3. The molecule has 20 heavy (non-hydrogen) atoms. The normalized spacial score (nSPS) is 10.7. The molecule has 0 aliphatic heterocycles. The fourth-order valence-electron chi connectivity index (χ4n) is 2.03. The van der Waals surface area contributed by atoms with Crippen molar-refractivity contribution in [3.05, 3.63) is 52.6 Å². The van der Waals surface area contributed by atoms with E-state index < -0.39 is 0 Å². The van der Waals surface area contributed by atoms with Crippen LogP contribution in [0.1, 0.15) is 0 Å². The third-order valence-electron chi connectivity index (χ3n) is 2.87. The molecule has 0 spiro atoms. The van der Waals surface area contributed by atoms with Gasteiger partial charge >= 0.3 is 0 Å². The number of nitrogens with one attached hydrogen (secondary N) is 1. The summed E-state index contributed by atoms with van der Waals surface area (Å²) in [6, 6.07) is 10.9. The number of nitrogen functional groups attached to an aromatic ring is 1. The fraction of sp³-hybridized carbons (Fsp3) is 0. The summed E-state index contributed by atoms with van der Waals surface area (Å²) in [4.78, 5) is 4.31. The minimum Gasteiger partial charge on any atom is -0.382 e. The van der Waals surface area contributed by atoms with Crippen LogP contribution in [0.15, 0.2) is 42.6 Å². The second kappa shape index (κ2) is 5.15. The van der Waals surface area contributed by atoms with Crippen LogP contribution < -0.4 is 5.73 Å². The Morgan fingerprint density at radius 1 is 1.05 bits per heavy atom.